The maximum atomic E-state index is 12.6. The summed E-state index contributed by atoms with van der Waals surface area (Å²) in [5.41, 5.74) is 0.575. The highest BCUT2D eigenvalue weighted by Crippen LogP contribution is 2.07. The highest BCUT2D eigenvalue weighted by Gasteiger charge is 1.97. The third kappa shape index (κ3) is 2.47. The predicted molar refractivity (Wildman–Crippen MR) is 57.7 cm³/mol. The van der Waals surface area contributed by atoms with Crippen LogP contribution in [0.4, 0.5) is 10.1 Å². The molecule has 2 rings (SSSR count). The van der Waals surface area contributed by atoms with Crippen LogP contribution in [0.3, 0.4) is 0 Å². The van der Waals surface area contributed by atoms with Crippen molar-refractivity contribution in [2.45, 2.75) is 6.54 Å². The summed E-state index contributed by atoms with van der Waals surface area (Å²) >= 11 is 0. The second-order valence-electron chi connectivity index (χ2n) is 3.25. The lowest BCUT2D eigenvalue weighted by Gasteiger charge is -2.05. The maximum Gasteiger partial charge on any atom is 0.343 e. The number of hydrogen-bond donors (Lipinski definition) is 2. The molecule has 84 valence electrons. The number of benzene rings is 1. The average molecular weight is 222 g/mol. The highest BCUT2D eigenvalue weighted by atomic mass is 19.1. The van der Waals surface area contributed by atoms with E-state index in [0.717, 1.165) is 5.69 Å². The smallest absolute Gasteiger partial charge is 0.343 e. The van der Waals surface area contributed by atoms with Gasteiger partial charge in [0, 0.05) is 12.2 Å². The van der Waals surface area contributed by atoms with Crippen molar-refractivity contribution in [1.82, 2.24) is 14.8 Å². The maximum absolute atomic E-state index is 12.6. The van der Waals surface area contributed by atoms with Gasteiger partial charge in [0.05, 0.1) is 6.54 Å². The number of nitrogens with zero attached hydrogens (tertiary/aromatic N) is 2. The monoisotopic (exact) mass is 222 g/mol. The van der Waals surface area contributed by atoms with E-state index in [1.54, 1.807) is 12.1 Å². The Morgan fingerprint density at radius 2 is 2.12 bits per heavy atom. The Labute approximate surface area is 90.9 Å². The molecule has 16 heavy (non-hydrogen) atoms. The number of aromatic amines is 1. The molecule has 0 bridgehead atoms. The van der Waals surface area contributed by atoms with Crippen molar-refractivity contribution in [3.05, 3.63) is 46.9 Å². The topological polar surface area (TPSA) is 62.7 Å². The number of hydrogen-bond acceptors (Lipinski definition) is 3. The lowest BCUT2D eigenvalue weighted by Crippen LogP contribution is -2.22. The minimum absolute atomic E-state index is 0.235. The molecule has 2 aromatic rings. The van der Waals surface area contributed by atoms with Crippen LogP contribution in [0.1, 0.15) is 0 Å². The molecule has 0 aliphatic rings. The van der Waals surface area contributed by atoms with Crippen molar-refractivity contribution in [3.8, 4) is 0 Å². The molecule has 1 aromatic carbocycles. The van der Waals surface area contributed by atoms with E-state index in [0.29, 0.717) is 13.1 Å². The minimum atomic E-state index is -0.269. The van der Waals surface area contributed by atoms with Gasteiger partial charge in [0.1, 0.15) is 12.1 Å². The van der Waals surface area contributed by atoms with E-state index in [-0.39, 0.29) is 11.5 Å². The Morgan fingerprint density at radius 1 is 1.38 bits per heavy atom. The van der Waals surface area contributed by atoms with Gasteiger partial charge in [-0.25, -0.2) is 13.9 Å². The van der Waals surface area contributed by atoms with E-state index in [9.17, 15) is 9.18 Å². The number of anilines is 1. The lowest BCUT2D eigenvalue weighted by molar-refractivity contribution is 0.613. The standard InChI is InChI=1S/C10H11FN4O/c11-8-1-3-9(4-2-8)12-5-6-15-10(16)13-7-14-15/h1-4,7,12H,5-6H2,(H,13,14,16). The van der Waals surface area contributed by atoms with Crippen LogP contribution in [-0.4, -0.2) is 21.3 Å². The number of H-pyrrole nitrogens is 1. The summed E-state index contributed by atoms with van der Waals surface area (Å²) < 4.78 is 13.9. The molecule has 0 fully saturated rings. The van der Waals surface area contributed by atoms with Crippen LogP contribution >= 0.6 is 0 Å². The Morgan fingerprint density at radius 3 is 2.75 bits per heavy atom. The van der Waals surface area contributed by atoms with Crippen LogP contribution in [0.25, 0.3) is 0 Å². The first-order chi connectivity index (χ1) is 7.75. The second kappa shape index (κ2) is 4.61. The zero-order valence-electron chi connectivity index (χ0n) is 8.48. The molecule has 0 saturated heterocycles. The van der Waals surface area contributed by atoms with E-state index in [1.807, 2.05) is 0 Å². The molecule has 0 aliphatic carbocycles. The van der Waals surface area contributed by atoms with Gasteiger partial charge in [0.15, 0.2) is 0 Å². The molecule has 1 aromatic heterocycles. The molecule has 0 radical (unpaired) electrons. The van der Waals surface area contributed by atoms with Crippen LogP contribution in [0, 0.1) is 5.82 Å². The largest absolute Gasteiger partial charge is 0.383 e. The van der Waals surface area contributed by atoms with E-state index in [4.69, 9.17) is 0 Å². The molecule has 0 saturated carbocycles. The van der Waals surface area contributed by atoms with Crippen molar-refractivity contribution in [2.75, 3.05) is 11.9 Å². The first-order valence-electron chi connectivity index (χ1n) is 4.85. The Balaban J connectivity index is 1.87. The van der Waals surface area contributed by atoms with Gasteiger partial charge in [-0.2, -0.15) is 5.10 Å². The van der Waals surface area contributed by atoms with Gasteiger partial charge >= 0.3 is 5.69 Å². The summed E-state index contributed by atoms with van der Waals surface area (Å²) in [7, 11) is 0. The summed E-state index contributed by atoms with van der Waals surface area (Å²) in [5, 5.41) is 6.87. The van der Waals surface area contributed by atoms with E-state index < -0.39 is 0 Å². The fraction of sp³-hybridized carbons (Fsp3) is 0.200. The lowest BCUT2D eigenvalue weighted by atomic mass is 10.3. The van der Waals surface area contributed by atoms with Gasteiger partial charge in [0.25, 0.3) is 0 Å². The molecular weight excluding hydrogens is 211 g/mol. The van der Waals surface area contributed by atoms with Gasteiger partial charge < -0.3 is 5.32 Å². The Kier molecular flexibility index (Phi) is 3.00. The number of rotatable bonds is 4. The molecule has 5 nitrogen and oxygen atoms in total. The summed E-state index contributed by atoms with van der Waals surface area (Å²) in [4.78, 5) is 13.5. The SMILES string of the molecule is O=c1[nH]cnn1CCNc1ccc(F)cc1. The van der Waals surface area contributed by atoms with Gasteiger partial charge in [0.2, 0.25) is 0 Å². The Hall–Kier alpha value is -2.11. The zero-order valence-corrected chi connectivity index (χ0v) is 8.48. The van der Waals surface area contributed by atoms with Crippen LogP contribution < -0.4 is 11.0 Å². The van der Waals surface area contributed by atoms with Crippen molar-refractivity contribution >= 4 is 5.69 Å². The summed E-state index contributed by atoms with van der Waals surface area (Å²) in [6.07, 6.45) is 1.35. The summed E-state index contributed by atoms with van der Waals surface area (Å²) in [5.74, 6) is -0.269. The number of halogens is 1. The van der Waals surface area contributed by atoms with Gasteiger partial charge in [-0.05, 0) is 24.3 Å². The van der Waals surface area contributed by atoms with Crippen LogP contribution in [0.2, 0.25) is 0 Å². The molecule has 0 aliphatic heterocycles. The predicted octanol–water partition coefficient (Wildman–Crippen LogP) is 0.823. The van der Waals surface area contributed by atoms with Crippen molar-refractivity contribution in [1.29, 1.82) is 0 Å². The van der Waals surface area contributed by atoms with Crippen molar-refractivity contribution < 1.29 is 4.39 Å². The third-order valence-electron chi connectivity index (χ3n) is 2.12. The van der Waals surface area contributed by atoms with Gasteiger partial charge in [-0.3, -0.25) is 4.98 Å². The van der Waals surface area contributed by atoms with E-state index >= 15 is 0 Å². The second-order valence-corrected chi connectivity index (χ2v) is 3.25. The van der Waals surface area contributed by atoms with Crippen LogP contribution in [0.5, 0.6) is 0 Å². The molecule has 0 amide bonds. The molecule has 0 spiro atoms. The highest BCUT2D eigenvalue weighted by molar-refractivity contribution is 5.42. The number of aromatic nitrogens is 3. The zero-order chi connectivity index (χ0) is 11.4. The normalized spacial score (nSPS) is 10.3. The molecule has 2 N–H and O–H groups in total. The van der Waals surface area contributed by atoms with Crippen LogP contribution in [0.15, 0.2) is 35.4 Å². The summed E-state index contributed by atoms with van der Waals surface area (Å²) in [6.45, 7) is 1.01. The van der Waals surface area contributed by atoms with E-state index in [1.165, 1.54) is 23.1 Å². The fourth-order valence-corrected chi connectivity index (χ4v) is 1.31. The average Bonchev–Trinajstić information content (AvgIpc) is 2.68. The molecule has 6 heteroatoms. The van der Waals surface area contributed by atoms with E-state index in [2.05, 4.69) is 15.4 Å². The molecule has 0 atom stereocenters. The molecule has 0 unspecified atom stereocenters. The van der Waals surface area contributed by atoms with Crippen molar-refractivity contribution in [3.63, 3.8) is 0 Å². The molecule has 1 heterocycles. The van der Waals surface area contributed by atoms with Gasteiger partial charge in [-0.15, -0.1) is 0 Å². The minimum Gasteiger partial charge on any atom is -0.383 e. The number of nitrogens with one attached hydrogen (secondary N) is 2. The van der Waals surface area contributed by atoms with Gasteiger partial charge in [-0.1, -0.05) is 0 Å². The summed E-state index contributed by atoms with van der Waals surface area (Å²) in [6, 6.07) is 6.04. The van der Waals surface area contributed by atoms with Crippen LogP contribution in [-0.2, 0) is 6.54 Å². The third-order valence-corrected chi connectivity index (χ3v) is 2.12. The quantitative estimate of drug-likeness (QED) is 0.805. The fourth-order valence-electron chi connectivity index (χ4n) is 1.31. The Bertz CT molecular complexity index is 502. The van der Waals surface area contributed by atoms with Crippen molar-refractivity contribution in [2.24, 2.45) is 0 Å². The first-order valence-corrected chi connectivity index (χ1v) is 4.85. The first kappa shape index (κ1) is 10.4. The molecular formula is C10H11FN4O.